The zero-order valence-electron chi connectivity index (χ0n) is 8.43. The van der Waals surface area contributed by atoms with Crippen LogP contribution in [0.2, 0.25) is 0 Å². The van der Waals surface area contributed by atoms with E-state index in [0.29, 0.717) is 6.61 Å². The highest BCUT2D eigenvalue weighted by Gasteiger charge is 2.32. The standard InChI is InChI=1S/C12H14O3/c13-12(14)11(10-7-4-8-15-10)9-5-2-1-3-6-9/h1-3,5-6,10-11H,4,7-8H2,(H,13,14). The molecule has 2 atom stereocenters. The van der Waals surface area contributed by atoms with Crippen molar-refractivity contribution in [3.05, 3.63) is 35.9 Å². The molecule has 1 N–H and O–H groups in total. The molecule has 0 radical (unpaired) electrons. The van der Waals surface area contributed by atoms with Crippen molar-refractivity contribution in [3.63, 3.8) is 0 Å². The summed E-state index contributed by atoms with van der Waals surface area (Å²) in [5.74, 6) is -1.32. The third kappa shape index (κ3) is 2.18. The molecule has 1 aliphatic rings. The number of aliphatic carboxylic acids is 1. The van der Waals surface area contributed by atoms with Gasteiger partial charge in [-0.3, -0.25) is 4.79 Å². The normalized spacial score (nSPS) is 22.5. The average molecular weight is 206 g/mol. The first-order chi connectivity index (χ1) is 7.29. The number of carboxylic acids is 1. The molecule has 3 heteroatoms. The van der Waals surface area contributed by atoms with Crippen LogP contribution in [0.25, 0.3) is 0 Å². The van der Waals surface area contributed by atoms with Crippen LogP contribution >= 0.6 is 0 Å². The Balaban J connectivity index is 2.23. The molecule has 1 aromatic carbocycles. The Morgan fingerprint density at radius 2 is 2.13 bits per heavy atom. The number of ether oxygens (including phenoxy) is 1. The molecule has 0 spiro atoms. The molecule has 2 unspecified atom stereocenters. The molecule has 1 aliphatic heterocycles. The van der Waals surface area contributed by atoms with E-state index in [1.54, 1.807) is 0 Å². The monoisotopic (exact) mass is 206 g/mol. The predicted octanol–water partition coefficient (Wildman–Crippen LogP) is 2.03. The van der Waals surface area contributed by atoms with Crippen LogP contribution in [0.5, 0.6) is 0 Å². The molecule has 1 heterocycles. The maximum absolute atomic E-state index is 11.2. The minimum Gasteiger partial charge on any atom is -0.481 e. The lowest BCUT2D eigenvalue weighted by molar-refractivity contribution is -0.141. The van der Waals surface area contributed by atoms with Crippen molar-refractivity contribution in [2.24, 2.45) is 0 Å². The largest absolute Gasteiger partial charge is 0.481 e. The summed E-state index contributed by atoms with van der Waals surface area (Å²) in [6.45, 7) is 0.682. The van der Waals surface area contributed by atoms with Crippen LogP contribution in [-0.4, -0.2) is 23.8 Å². The summed E-state index contributed by atoms with van der Waals surface area (Å²) in [6, 6.07) is 9.30. The van der Waals surface area contributed by atoms with Gasteiger partial charge in [0.1, 0.15) is 5.92 Å². The van der Waals surface area contributed by atoms with Gasteiger partial charge >= 0.3 is 5.97 Å². The van der Waals surface area contributed by atoms with Crippen LogP contribution in [0.4, 0.5) is 0 Å². The van der Waals surface area contributed by atoms with Gasteiger partial charge in [-0.25, -0.2) is 0 Å². The van der Waals surface area contributed by atoms with Crippen molar-refractivity contribution in [1.29, 1.82) is 0 Å². The van der Waals surface area contributed by atoms with Crippen molar-refractivity contribution < 1.29 is 14.6 Å². The van der Waals surface area contributed by atoms with Crippen LogP contribution in [0.3, 0.4) is 0 Å². The fourth-order valence-electron chi connectivity index (χ4n) is 2.04. The molecule has 0 bridgehead atoms. The van der Waals surface area contributed by atoms with Gasteiger partial charge in [0.05, 0.1) is 6.10 Å². The summed E-state index contributed by atoms with van der Waals surface area (Å²) in [5, 5.41) is 9.21. The van der Waals surface area contributed by atoms with Crippen LogP contribution < -0.4 is 0 Å². The summed E-state index contributed by atoms with van der Waals surface area (Å²) in [4.78, 5) is 11.2. The van der Waals surface area contributed by atoms with Gasteiger partial charge < -0.3 is 9.84 Å². The highest BCUT2D eigenvalue weighted by atomic mass is 16.5. The van der Waals surface area contributed by atoms with Gasteiger partial charge in [0, 0.05) is 6.61 Å². The molecule has 0 amide bonds. The second kappa shape index (κ2) is 4.45. The van der Waals surface area contributed by atoms with E-state index in [1.807, 2.05) is 30.3 Å². The number of carbonyl (C=O) groups is 1. The lowest BCUT2D eigenvalue weighted by atomic mass is 9.92. The molecule has 0 aromatic heterocycles. The molecular formula is C12H14O3. The highest BCUT2D eigenvalue weighted by Crippen LogP contribution is 2.28. The molecule has 3 nitrogen and oxygen atoms in total. The van der Waals surface area contributed by atoms with Gasteiger partial charge in [0.15, 0.2) is 0 Å². The first-order valence-corrected chi connectivity index (χ1v) is 5.18. The maximum Gasteiger partial charge on any atom is 0.313 e. The molecule has 1 saturated heterocycles. The van der Waals surface area contributed by atoms with Gasteiger partial charge in [0.2, 0.25) is 0 Å². The summed E-state index contributed by atoms with van der Waals surface area (Å²) < 4.78 is 5.45. The number of benzene rings is 1. The fourth-order valence-corrected chi connectivity index (χ4v) is 2.04. The lowest BCUT2D eigenvalue weighted by Crippen LogP contribution is -2.25. The quantitative estimate of drug-likeness (QED) is 0.823. The van der Waals surface area contributed by atoms with E-state index in [2.05, 4.69) is 0 Å². The number of rotatable bonds is 3. The Morgan fingerprint density at radius 1 is 1.40 bits per heavy atom. The van der Waals surface area contributed by atoms with Gasteiger partial charge in [-0.05, 0) is 18.4 Å². The van der Waals surface area contributed by atoms with Crippen molar-refractivity contribution in [3.8, 4) is 0 Å². The molecule has 2 rings (SSSR count). The number of hydrogen-bond donors (Lipinski definition) is 1. The third-order valence-electron chi connectivity index (χ3n) is 2.76. The molecule has 0 aliphatic carbocycles. The van der Waals surface area contributed by atoms with E-state index >= 15 is 0 Å². The Morgan fingerprint density at radius 3 is 2.67 bits per heavy atom. The van der Waals surface area contributed by atoms with Crippen LogP contribution in [0.1, 0.15) is 24.3 Å². The summed E-state index contributed by atoms with van der Waals surface area (Å²) >= 11 is 0. The smallest absolute Gasteiger partial charge is 0.313 e. The minimum absolute atomic E-state index is 0.162. The topological polar surface area (TPSA) is 46.5 Å². The summed E-state index contributed by atoms with van der Waals surface area (Å²) in [5.41, 5.74) is 0.830. The predicted molar refractivity (Wildman–Crippen MR) is 55.8 cm³/mol. The van der Waals surface area contributed by atoms with Crippen LogP contribution in [0, 0.1) is 0 Å². The molecule has 80 valence electrons. The van der Waals surface area contributed by atoms with E-state index in [9.17, 15) is 9.90 Å². The summed E-state index contributed by atoms with van der Waals surface area (Å²) in [7, 11) is 0. The van der Waals surface area contributed by atoms with Gasteiger partial charge in [-0.1, -0.05) is 30.3 Å². The summed E-state index contributed by atoms with van der Waals surface area (Å²) in [6.07, 6.45) is 1.64. The Hall–Kier alpha value is -1.35. The highest BCUT2D eigenvalue weighted by molar-refractivity contribution is 5.77. The Labute approximate surface area is 88.7 Å². The van der Waals surface area contributed by atoms with Crippen molar-refractivity contribution in [2.45, 2.75) is 24.9 Å². The maximum atomic E-state index is 11.2. The second-order valence-electron chi connectivity index (χ2n) is 3.78. The fraction of sp³-hybridized carbons (Fsp3) is 0.417. The van der Waals surface area contributed by atoms with E-state index in [1.165, 1.54) is 0 Å². The second-order valence-corrected chi connectivity index (χ2v) is 3.78. The van der Waals surface area contributed by atoms with E-state index < -0.39 is 11.9 Å². The molecule has 1 fully saturated rings. The lowest BCUT2D eigenvalue weighted by Gasteiger charge is -2.18. The van der Waals surface area contributed by atoms with Gasteiger partial charge in [-0.15, -0.1) is 0 Å². The first-order valence-electron chi connectivity index (χ1n) is 5.18. The van der Waals surface area contributed by atoms with Gasteiger partial charge in [-0.2, -0.15) is 0 Å². The van der Waals surface area contributed by atoms with Crippen molar-refractivity contribution in [1.82, 2.24) is 0 Å². The Bertz CT molecular complexity index is 328. The van der Waals surface area contributed by atoms with E-state index in [4.69, 9.17) is 4.74 Å². The third-order valence-corrected chi connectivity index (χ3v) is 2.76. The minimum atomic E-state index is -0.798. The van der Waals surface area contributed by atoms with E-state index in [0.717, 1.165) is 18.4 Å². The molecule has 1 aromatic rings. The number of carboxylic acid groups (broad SMARTS) is 1. The number of hydrogen-bond acceptors (Lipinski definition) is 2. The molecule has 15 heavy (non-hydrogen) atoms. The van der Waals surface area contributed by atoms with Crippen molar-refractivity contribution in [2.75, 3.05) is 6.61 Å². The van der Waals surface area contributed by atoms with E-state index in [-0.39, 0.29) is 6.10 Å². The SMILES string of the molecule is O=C(O)C(c1ccccc1)C1CCCO1. The van der Waals surface area contributed by atoms with Crippen molar-refractivity contribution >= 4 is 5.97 Å². The van der Waals surface area contributed by atoms with Gasteiger partial charge in [0.25, 0.3) is 0 Å². The van der Waals surface area contributed by atoms with Crippen LogP contribution in [0.15, 0.2) is 30.3 Å². The average Bonchev–Trinajstić information content (AvgIpc) is 2.72. The Kier molecular flexibility index (Phi) is 3.02. The molecule has 0 saturated carbocycles. The zero-order chi connectivity index (χ0) is 10.7. The first kappa shape index (κ1) is 10.2. The van der Waals surface area contributed by atoms with Crippen LogP contribution in [-0.2, 0) is 9.53 Å². The molecular weight excluding hydrogens is 192 g/mol. The zero-order valence-corrected chi connectivity index (χ0v) is 8.43.